The second-order valence-corrected chi connectivity index (χ2v) is 7.59. The van der Waals surface area contributed by atoms with E-state index in [0.717, 1.165) is 24.3 Å². The van der Waals surface area contributed by atoms with Crippen LogP contribution in [0.15, 0.2) is 47.4 Å². The van der Waals surface area contributed by atoms with Crippen molar-refractivity contribution in [1.29, 1.82) is 5.26 Å². The number of anilines is 1. The Hall–Kier alpha value is -3.03. The van der Waals surface area contributed by atoms with Gasteiger partial charge < -0.3 is 10.1 Å². The number of hydrogen-bond acceptors (Lipinski definition) is 6. The van der Waals surface area contributed by atoms with E-state index in [0.29, 0.717) is 0 Å². The summed E-state index contributed by atoms with van der Waals surface area (Å²) in [5, 5.41) is 11.3. The highest BCUT2D eigenvalue weighted by atomic mass is 35.5. The van der Waals surface area contributed by atoms with Crippen molar-refractivity contribution in [3.63, 3.8) is 0 Å². The number of nitriles is 1. The summed E-state index contributed by atoms with van der Waals surface area (Å²) in [5.74, 6) is -5.22. The lowest BCUT2D eigenvalue weighted by Gasteiger charge is -2.08. The summed E-state index contributed by atoms with van der Waals surface area (Å²) in [5.41, 5.74) is 0.387. The number of carbonyl (C=O) groups is 2. The topological polar surface area (TPSA) is 113 Å². The molecule has 2 aromatic rings. The summed E-state index contributed by atoms with van der Waals surface area (Å²) in [6.07, 6.45) is 0. The van der Waals surface area contributed by atoms with E-state index in [1.807, 2.05) is 6.07 Å². The minimum Gasteiger partial charge on any atom is -0.452 e. The summed E-state index contributed by atoms with van der Waals surface area (Å²) < 4.78 is 52.3. The molecule has 2 rings (SSSR count). The highest BCUT2D eigenvalue weighted by Crippen LogP contribution is 2.20. The molecule has 28 heavy (non-hydrogen) atoms. The van der Waals surface area contributed by atoms with Gasteiger partial charge in [-0.05, 0) is 42.5 Å². The lowest BCUT2D eigenvalue weighted by Crippen LogP contribution is -2.21. The average molecular weight is 429 g/mol. The lowest BCUT2D eigenvalue weighted by molar-refractivity contribution is -0.119. The largest absolute Gasteiger partial charge is 0.452 e. The van der Waals surface area contributed by atoms with Gasteiger partial charge in [0.25, 0.3) is 5.91 Å². The monoisotopic (exact) mass is 428 g/mol. The first kappa shape index (κ1) is 21.3. The molecule has 2 aromatic carbocycles. The molecule has 0 atom stereocenters. The molecule has 0 fully saturated rings. The van der Waals surface area contributed by atoms with E-state index in [1.165, 1.54) is 18.2 Å². The second-order valence-electron chi connectivity index (χ2n) is 5.26. The third-order valence-electron chi connectivity index (χ3n) is 3.36. The molecule has 0 heterocycles. The molecule has 0 spiro atoms. The summed E-state index contributed by atoms with van der Waals surface area (Å²) in [7, 11) is -4.77. The van der Waals surface area contributed by atoms with Crippen LogP contribution in [0.1, 0.15) is 15.9 Å². The van der Waals surface area contributed by atoms with E-state index in [-0.39, 0.29) is 21.8 Å². The smallest absolute Gasteiger partial charge is 0.341 e. The Kier molecular flexibility index (Phi) is 6.66. The standard InChI is InChI=1S/C17H11ClF2N2O5S/c18-14-7-12(4-1-11(14)8-21)22-15(23)9-27-16(24)10-2-5-13(6-3-10)28(25,26)17(19)20/h1-7,17H,9H2,(H,22,23). The van der Waals surface area contributed by atoms with Gasteiger partial charge in [-0.15, -0.1) is 0 Å². The van der Waals surface area contributed by atoms with Crippen molar-refractivity contribution in [3.05, 3.63) is 58.6 Å². The van der Waals surface area contributed by atoms with Gasteiger partial charge in [0.1, 0.15) is 6.07 Å². The van der Waals surface area contributed by atoms with Gasteiger partial charge in [0, 0.05) is 5.69 Å². The highest BCUT2D eigenvalue weighted by molar-refractivity contribution is 7.91. The van der Waals surface area contributed by atoms with Crippen LogP contribution in [-0.4, -0.2) is 32.7 Å². The number of rotatable bonds is 6. The zero-order valence-corrected chi connectivity index (χ0v) is 15.4. The van der Waals surface area contributed by atoms with E-state index in [2.05, 4.69) is 5.32 Å². The molecule has 1 amide bonds. The Labute approximate surface area is 163 Å². The van der Waals surface area contributed by atoms with Crippen molar-refractivity contribution in [3.8, 4) is 6.07 Å². The SMILES string of the molecule is N#Cc1ccc(NC(=O)COC(=O)c2ccc(S(=O)(=O)C(F)F)cc2)cc1Cl. The molecule has 11 heteroatoms. The number of amides is 1. The summed E-state index contributed by atoms with van der Waals surface area (Å²) in [6, 6.07) is 9.73. The van der Waals surface area contributed by atoms with Crippen molar-refractivity contribution in [1.82, 2.24) is 0 Å². The van der Waals surface area contributed by atoms with Crippen LogP contribution in [0.25, 0.3) is 0 Å². The highest BCUT2D eigenvalue weighted by Gasteiger charge is 2.26. The molecule has 0 aliphatic rings. The molecule has 7 nitrogen and oxygen atoms in total. The van der Waals surface area contributed by atoms with Gasteiger partial charge >= 0.3 is 11.7 Å². The Balaban J connectivity index is 1.95. The molecule has 0 saturated heterocycles. The molecular weight excluding hydrogens is 418 g/mol. The number of nitrogens with zero attached hydrogens (tertiary/aromatic N) is 1. The summed E-state index contributed by atoms with van der Waals surface area (Å²) in [6.45, 7) is -0.659. The maximum atomic E-state index is 12.5. The number of alkyl halides is 2. The maximum absolute atomic E-state index is 12.5. The first-order valence-electron chi connectivity index (χ1n) is 7.44. The molecule has 1 N–H and O–H groups in total. The number of hydrogen-bond donors (Lipinski definition) is 1. The predicted molar refractivity (Wildman–Crippen MR) is 94.7 cm³/mol. The van der Waals surface area contributed by atoms with Crippen LogP contribution in [0.3, 0.4) is 0 Å². The van der Waals surface area contributed by atoms with Gasteiger partial charge in [-0.1, -0.05) is 11.6 Å². The van der Waals surface area contributed by atoms with Crippen LogP contribution in [0.2, 0.25) is 5.02 Å². The average Bonchev–Trinajstić information content (AvgIpc) is 2.66. The van der Waals surface area contributed by atoms with Crippen LogP contribution < -0.4 is 5.32 Å². The van der Waals surface area contributed by atoms with Gasteiger partial charge in [0.2, 0.25) is 9.84 Å². The molecule has 0 bridgehead atoms. The normalized spacial score (nSPS) is 11.0. The summed E-state index contributed by atoms with van der Waals surface area (Å²) >= 11 is 5.84. The van der Waals surface area contributed by atoms with E-state index in [4.69, 9.17) is 21.6 Å². The maximum Gasteiger partial charge on any atom is 0.341 e. The van der Waals surface area contributed by atoms with Crippen LogP contribution in [0, 0.1) is 11.3 Å². The quantitative estimate of drug-likeness (QED) is 0.707. The molecule has 0 radical (unpaired) electrons. The van der Waals surface area contributed by atoms with Crippen LogP contribution in [-0.2, 0) is 19.4 Å². The van der Waals surface area contributed by atoms with Gasteiger partial charge in [-0.3, -0.25) is 4.79 Å². The fourth-order valence-electron chi connectivity index (χ4n) is 1.98. The molecule has 0 unspecified atom stereocenters. The van der Waals surface area contributed by atoms with E-state index in [1.54, 1.807) is 0 Å². The number of sulfone groups is 1. The Morgan fingerprint density at radius 2 is 1.82 bits per heavy atom. The van der Waals surface area contributed by atoms with Gasteiger partial charge in [-0.25, -0.2) is 13.2 Å². The van der Waals surface area contributed by atoms with E-state index < -0.39 is 39.0 Å². The summed E-state index contributed by atoms with van der Waals surface area (Å²) in [4.78, 5) is 23.0. The van der Waals surface area contributed by atoms with Crippen molar-refractivity contribution >= 4 is 39.0 Å². The van der Waals surface area contributed by atoms with Crippen LogP contribution in [0.5, 0.6) is 0 Å². The number of nitrogens with one attached hydrogen (secondary N) is 1. The van der Waals surface area contributed by atoms with Crippen LogP contribution in [0.4, 0.5) is 14.5 Å². The minimum atomic E-state index is -4.77. The molecule has 0 aromatic heterocycles. The number of ether oxygens (including phenoxy) is 1. The van der Waals surface area contributed by atoms with Crippen molar-refractivity contribution in [2.24, 2.45) is 0 Å². The fraction of sp³-hybridized carbons (Fsp3) is 0.118. The van der Waals surface area contributed by atoms with E-state index >= 15 is 0 Å². The van der Waals surface area contributed by atoms with Gasteiger partial charge in [-0.2, -0.15) is 14.0 Å². The first-order valence-corrected chi connectivity index (χ1v) is 9.36. The number of esters is 1. The van der Waals surface area contributed by atoms with Crippen LogP contribution >= 0.6 is 11.6 Å². The molecule has 146 valence electrons. The Morgan fingerprint density at radius 3 is 2.36 bits per heavy atom. The van der Waals surface area contributed by atoms with Crippen molar-refractivity contribution in [2.45, 2.75) is 10.7 Å². The number of benzene rings is 2. The third-order valence-corrected chi connectivity index (χ3v) is 5.07. The number of carbonyl (C=O) groups excluding carboxylic acids is 2. The molecule has 0 aliphatic carbocycles. The third kappa shape index (κ3) is 5.03. The van der Waals surface area contributed by atoms with E-state index in [9.17, 15) is 26.8 Å². The number of halogens is 3. The fourth-order valence-corrected chi connectivity index (χ4v) is 2.92. The predicted octanol–water partition coefficient (Wildman–Crippen LogP) is 3.00. The zero-order chi connectivity index (χ0) is 20.9. The molecule has 0 aliphatic heterocycles. The first-order chi connectivity index (χ1) is 13.1. The zero-order valence-electron chi connectivity index (χ0n) is 13.9. The van der Waals surface area contributed by atoms with Gasteiger partial charge in [0.05, 0.1) is 21.0 Å². The van der Waals surface area contributed by atoms with Gasteiger partial charge in [0.15, 0.2) is 6.61 Å². The Bertz CT molecular complexity index is 1050. The second kappa shape index (κ2) is 8.77. The van der Waals surface area contributed by atoms with Crippen molar-refractivity contribution in [2.75, 3.05) is 11.9 Å². The molecule has 0 saturated carbocycles. The molecular formula is C17H11ClF2N2O5S. The Morgan fingerprint density at radius 1 is 1.18 bits per heavy atom. The lowest BCUT2D eigenvalue weighted by atomic mass is 10.2. The van der Waals surface area contributed by atoms with Crippen molar-refractivity contribution < 1.29 is 31.5 Å². The minimum absolute atomic E-state index is 0.123.